The number of aromatic carboxylic acids is 1. The number of carboxylic acids is 1. The summed E-state index contributed by atoms with van der Waals surface area (Å²) in [5, 5.41) is 28.6. The molecule has 0 aliphatic rings. The third kappa shape index (κ3) is 2.41. The van der Waals surface area contributed by atoms with Gasteiger partial charge in [-0.2, -0.15) is 0 Å². The average molecular weight is 292 g/mol. The van der Waals surface area contributed by atoms with Gasteiger partial charge in [-0.05, 0) is 19.1 Å². The van der Waals surface area contributed by atoms with Gasteiger partial charge in [0.05, 0.1) is 29.8 Å². The lowest BCUT2D eigenvalue weighted by Crippen LogP contribution is -2.39. The first-order chi connectivity index (χ1) is 9.85. The minimum atomic E-state index is -1.05. The highest BCUT2D eigenvalue weighted by molar-refractivity contribution is 6.01. The molecule has 0 atom stereocenters. The highest BCUT2D eigenvalue weighted by Gasteiger charge is 2.31. The molecule has 114 valence electrons. The molecule has 2 rings (SSSR count). The van der Waals surface area contributed by atoms with E-state index in [2.05, 4.69) is 4.98 Å². The van der Waals surface area contributed by atoms with Crippen molar-refractivity contribution < 1.29 is 20.1 Å². The van der Waals surface area contributed by atoms with Crippen LogP contribution in [0.4, 0.5) is 0 Å². The van der Waals surface area contributed by atoms with Crippen LogP contribution < -0.4 is 0 Å². The molecule has 1 aromatic carbocycles. The maximum absolute atomic E-state index is 11.3. The standard InChI is InChI=1S/C15H20N2O4/c1-9(2)13-16-12-10(14(20)21)5-4-6-11(12)17(13)15(3,7-18)8-19/h4-6,9,18-19H,7-8H2,1-3H3,(H,20,21). The summed E-state index contributed by atoms with van der Waals surface area (Å²) in [5.74, 6) is -0.379. The fraction of sp³-hybridized carbons (Fsp3) is 0.467. The molecule has 0 bridgehead atoms. The largest absolute Gasteiger partial charge is 0.478 e. The number of aliphatic hydroxyl groups is 2. The van der Waals surface area contributed by atoms with Crippen molar-refractivity contribution in [3.8, 4) is 0 Å². The maximum Gasteiger partial charge on any atom is 0.337 e. The van der Waals surface area contributed by atoms with Crippen molar-refractivity contribution >= 4 is 17.0 Å². The molecule has 2 aromatic rings. The van der Waals surface area contributed by atoms with E-state index in [9.17, 15) is 20.1 Å². The fourth-order valence-electron chi connectivity index (χ4n) is 2.44. The number of hydrogen-bond acceptors (Lipinski definition) is 4. The highest BCUT2D eigenvalue weighted by atomic mass is 16.4. The van der Waals surface area contributed by atoms with E-state index in [0.29, 0.717) is 16.9 Å². The lowest BCUT2D eigenvalue weighted by atomic mass is 10.0. The van der Waals surface area contributed by atoms with Crippen molar-refractivity contribution in [1.82, 2.24) is 9.55 Å². The molecule has 0 saturated carbocycles. The molecule has 0 unspecified atom stereocenters. The molecular weight excluding hydrogens is 272 g/mol. The number of imidazole rings is 1. The van der Waals surface area contributed by atoms with E-state index in [0.717, 1.165) is 0 Å². The Morgan fingerprint density at radius 2 is 1.95 bits per heavy atom. The van der Waals surface area contributed by atoms with Gasteiger partial charge in [-0.3, -0.25) is 0 Å². The Labute approximate surface area is 122 Å². The Kier molecular flexibility index (Phi) is 4.02. The van der Waals surface area contributed by atoms with Gasteiger partial charge >= 0.3 is 5.97 Å². The van der Waals surface area contributed by atoms with Crippen molar-refractivity contribution in [3.63, 3.8) is 0 Å². The van der Waals surface area contributed by atoms with Crippen LogP contribution in [0.1, 0.15) is 42.9 Å². The van der Waals surface area contributed by atoms with E-state index in [1.165, 1.54) is 6.07 Å². The first-order valence-corrected chi connectivity index (χ1v) is 6.82. The fourth-order valence-corrected chi connectivity index (χ4v) is 2.44. The van der Waals surface area contributed by atoms with E-state index < -0.39 is 11.5 Å². The van der Waals surface area contributed by atoms with Crippen LogP contribution in [-0.4, -0.2) is 44.1 Å². The minimum absolute atomic E-state index is 0.0245. The third-order valence-electron chi connectivity index (χ3n) is 3.68. The number of fused-ring (bicyclic) bond motifs is 1. The lowest BCUT2D eigenvalue weighted by Gasteiger charge is -2.30. The third-order valence-corrected chi connectivity index (χ3v) is 3.68. The Balaban J connectivity index is 2.88. The van der Waals surface area contributed by atoms with Gasteiger partial charge in [-0.15, -0.1) is 0 Å². The molecule has 1 heterocycles. The molecule has 0 amide bonds. The van der Waals surface area contributed by atoms with Crippen LogP contribution >= 0.6 is 0 Å². The topological polar surface area (TPSA) is 95.6 Å². The first kappa shape index (κ1) is 15.5. The smallest absolute Gasteiger partial charge is 0.337 e. The van der Waals surface area contributed by atoms with Gasteiger partial charge < -0.3 is 19.9 Å². The molecular formula is C15H20N2O4. The Bertz CT molecular complexity index is 672. The monoisotopic (exact) mass is 292 g/mol. The van der Waals surface area contributed by atoms with Gasteiger partial charge in [0.25, 0.3) is 0 Å². The number of carbonyl (C=O) groups is 1. The molecule has 0 aliphatic carbocycles. The average Bonchev–Trinajstić information content (AvgIpc) is 2.86. The zero-order valence-electron chi connectivity index (χ0n) is 12.4. The van der Waals surface area contributed by atoms with Gasteiger partial charge in [0.1, 0.15) is 11.3 Å². The van der Waals surface area contributed by atoms with Gasteiger partial charge in [0.2, 0.25) is 0 Å². The van der Waals surface area contributed by atoms with E-state index in [1.807, 2.05) is 13.8 Å². The van der Waals surface area contributed by atoms with Crippen molar-refractivity contribution in [1.29, 1.82) is 0 Å². The normalized spacial score (nSPS) is 12.3. The molecule has 0 aliphatic heterocycles. The zero-order chi connectivity index (χ0) is 15.8. The second-order valence-electron chi connectivity index (χ2n) is 5.75. The first-order valence-electron chi connectivity index (χ1n) is 6.82. The van der Waals surface area contributed by atoms with Crippen molar-refractivity contribution in [3.05, 3.63) is 29.6 Å². The van der Waals surface area contributed by atoms with E-state index in [-0.39, 0.29) is 24.7 Å². The van der Waals surface area contributed by atoms with Crippen LogP contribution in [0.15, 0.2) is 18.2 Å². The summed E-state index contributed by atoms with van der Waals surface area (Å²) in [7, 11) is 0. The lowest BCUT2D eigenvalue weighted by molar-refractivity contribution is 0.0699. The molecule has 0 radical (unpaired) electrons. The summed E-state index contributed by atoms with van der Waals surface area (Å²) in [6.07, 6.45) is 0. The number of aromatic nitrogens is 2. The van der Waals surface area contributed by atoms with Gasteiger partial charge in [0, 0.05) is 5.92 Å². The number of carboxylic acid groups (broad SMARTS) is 1. The second-order valence-corrected chi connectivity index (χ2v) is 5.75. The maximum atomic E-state index is 11.3. The van der Waals surface area contributed by atoms with Crippen molar-refractivity contribution in [2.45, 2.75) is 32.2 Å². The number of benzene rings is 1. The predicted octanol–water partition coefficient (Wildman–Crippen LogP) is 1.56. The number of para-hydroxylation sites is 1. The van der Waals surface area contributed by atoms with Crippen LogP contribution in [0.2, 0.25) is 0 Å². The quantitative estimate of drug-likeness (QED) is 0.777. The van der Waals surface area contributed by atoms with Crippen LogP contribution in [0, 0.1) is 0 Å². The molecule has 0 spiro atoms. The Morgan fingerprint density at radius 1 is 1.33 bits per heavy atom. The molecule has 1 aromatic heterocycles. The Morgan fingerprint density at radius 3 is 2.43 bits per heavy atom. The summed E-state index contributed by atoms with van der Waals surface area (Å²) in [5.41, 5.74) is 0.156. The second kappa shape index (κ2) is 5.46. The molecule has 0 saturated heterocycles. The van der Waals surface area contributed by atoms with Gasteiger partial charge in [-0.25, -0.2) is 9.78 Å². The number of hydrogen-bond donors (Lipinski definition) is 3. The minimum Gasteiger partial charge on any atom is -0.478 e. The van der Waals surface area contributed by atoms with Crippen LogP contribution in [0.3, 0.4) is 0 Å². The summed E-state index contributed by atoms with van der Waals surface area (Å²) in [6.45, 7) is 5.05. The number of aliphatic hydroxyl groups excluding tert-OH is 2. The van der Waals surface area contributed by atoms with Gasteiger partial charge in [-0.1, -0.05) is 19.9 Å². The molecule has 0 fully saturated rings. The molecule has 3 N–H and O–H groups in total. The van der Waals surface area contributed by atoms with Crippen LogP contribution in [0.5, 0.6) is 0 Å². The van der Waals surface area contributed by atoms with E-state index in [1.54, 1.807) is 23.6 Å². The molecule has 21 heavy (non-hydrogen) atoms. The van der Waals surface area contributed by atoms with Crippen molar-refractivity contribution in [2.24, 2.45) is 0 Å². The van der Waals surface area contributed by atoms with Crippen LogP contribution in [-0.2, 0) is 5.54 Å². The predicted molar refractivity (Wildman–Crippen MR) is 78.6 cm³/mol. The van der Waals surface area contributed by atoms with E-state index in [4.69, 9.17) is 0 Å². The van der Waals surface area contributed by atoms with E-state index >= 15 is 0 Å². The summed E-state index contributed by atoms with van der Waals surface area (Å²) in [6, 6.07) is 4.90. The molecule has 6 nitrogen and oxygen atoms in total. The number of rotatable bonds is 5. The highest BCUT2D eigenvalue weighted by Crippen LogP contribution is 2.30. The number of nitrogens with zero attached hydrogens (tertiary/aromatic N) is 2. The van der Waals surface area contributed by atoms with Crippen molar-refractivity contribution in [2.75, 3.05) is 13.2 Å². The Hall–Kier alpha value is -1.92. The summed E-state index contributed by atoms with van der Waals surface area (Å²) >= 11 is 0. The van der Waals surface area contributed by atoms with Gasteiger partial charge in [0.15, 0.2) is 0 Å². The summed E-state index contributed by atoms with van der Waals surface area (Å²) in [4.78, 5) is 15.8. The molecule has 6 heteroatoms. The summed E-state index contributed by atoms with van der Waals surface area (Å²) < 4.78 is 1.75. The zero-order valence-corrected chi connectivity index (χ0v) is 12.4. The van der Waals surface area contributed by atoms with Crippen LogP contribution in [0.25, 0.3) is 11.0 Å². The SMILES string of the molecule is CC(C)c1nc2c(C(=O)O)cccc2n1C(C)(CO)CO.